The molecule has 0 bridgehead atoms. The van der Waals surface area contributed by atoms with E-state index in [0.717, 1.165) is 11.1 Å². The third-order valence-electron chi connectivity index (χ3n) is 3.47. The van der Waals surface area contributed by atoms with Gasteiger partial charge in [0.25, 0.3) is 5.89 Å². The van der Waals surface area contributed by atoms with Gasteiger partial charge in [0.2, 0.25) is 5.82 Å². The molecule has 0 fully saturated rings. The van der Waals surface area contributed by atoms with E-state index < -0.39 is 0 Å². The summed E-state index contributed by atoms with van der Waals surface area (Å²) in [5, 5.41) is 24.6. The van der Waals surface area contributed by atoms with E-state index in [2.05, 4.69) is 15.5 Å². The SMILES string of the molecule is Cc1cccc(-c2noc(-c3ccccc3NC=C(C#N)C#N)n2)c1. The van der Waals surface area contributed by atoms with E-state index in [4.69, 9.17) is 15.0 Å². The van der Waals surface area contributed by atoms with Crippen LogP contribution in [0.1, 0.15) is 5.56 Å². The lowest BCUT2D eigenvalue weighted by Crippen LogP contribution is -1.93. The second-order valence-corrected chi connectivity index (χ2v) is 5.26. The first kappa shape index (κ1) is 16.0. The fourth-order valence-electron chi connectivity index (χ4n) is 2.27. The van der Waals surface area contributed by atoms with Gasteiger partial charge >= 0.3 is 0 Å². The summed E-state index contributed by atoms with van der Waals surface area (Å²) in [5.74, 6) is 0.849. The molecule has 25 heavy (non-hydrogen) atoms. The number of hydrogen-bond donors (Lipinski definition) is 1. The van der Waals surface area contributed by atoms with Crippen molar-refractivity contribution in [2.24, 2.45) is 0 Å². The molecule has 0 aliphatic carbocycles. The van der Waals surface area contributed by atoms with Crippen molar-refractivity contribution in [1.82, 2.24) is 10.1 Å². The summed E-state index contributed by atoms with van der Waals surface area (Å²) in [6, 6.07) is 18.7. The average Bonchev–Trinajstić information content (AvgIpc) is 3.13. The van der Waals surface area contributed by atoms with Crippen LogP contribution in [0.3, 0.4) is 0 Å². The van der Waals surface area contributed by atoms with Crippen LogP contribution in [0.4, 0.5) is 5.69 Å². The molecule has 2 aromatic carbocycles. The van der Waals surface area contributed by atoms with Gasteiger partial charge < -0.3 is 9.84 Å². The largest absolute Gasteiger partial charge is 0.359 e. The van der Waals surface area contributed by atoms with Crippen molar-refractivity contribution in [3.05, 3.63) is 65.9 Å². The number of allylic oxidation sites excluding steroid dienone is 1. The number of anilines is 1. The summed E-state index contributed by atoms with van der Waals surface area (Å²) in [5.41, 5.74) is 3.29. The molecule has 3 rings (SSSR count). The Kier molecular flexibility index (Phi) is 4.55. The topological polar surface area (TPSA) is 98.5 Å². The molecule has 6 nitrogen and oxygen atoms in total. The highest BCUT2D eigenvalue weighted by Crippen LogP contribution is 2.28. The minimum atomic E-state index is -0.0271. The van der Waals surface area contributed by atoms with Crippen LogP contribution in [0.5, 0.6) is 0 Å². The van der Waals surface area contributed by atoms with Gasteiger partial charge in [-0.3, -0.25) is 0 Å². The van der Waals surface area contributed by atoms with Gasteiger partial charge in [-0.1, -0.05) is 41.1 Å². The number of hydrogen-bond acceptors (Lipinski definition) is 6. The van der Waals surface area contributed by atoms with Crippen molar-refractivity contribution in [3.63, 3.8) is 0 Å². The zero-order valence-corrected chi connectivity index (χ0v) is 13.4. The maximum absolute atomic E-state index is 8.82. The first-order chi connectivity index (χ1) is 12.2. The third-order valence-corrected chi connectivity index (χ3v) is 3.47. The molecule has 6 heteroatoms. The number of para-hydroxylation sites is 1. The van der Waals surface area contributed by atoms with Gasteiger partial charge in [0.15, 0.2) is 0 Å². The molecule has 1 aromatic heterocycles. The molecule has 0 amide bonds. The van der Waals surface area contributed by atoms with Crippen LogP contribution in [0.2, 0.25) is 0 Å². The lowest BCUT2D eigenvalue weighted by Gasteiger charge is -2.05. The predicted octanol–water partition coefficient (Wildman–Crippen LogP) is 4.05. The van der Waals surface area contributed by atoms with Crippen LogP contribution in [-0.4, -0.2) is 10.1 Å². The zero-order valence-electron chi connectivity index (χ0n) is 13.4. The number of nitriles is 2. The van der Waals surface area contributed by atoms with Crippen LogP contribution in [-0.2, 0) is 0 Å². The van der Waals surface area contributed by atoms with Crippen molar-refractivity contribution in [2.45, 2.75) is 6.92 Å². The van der Waals surface area contributed by atoms with E-state index in [-0.39, 0.29) is 5.57 Å². The predicted molar refractivity (Wildman–Crippen MR) is 92.8 cm³/mol. The maximum atomic E-state index is 8.82. The summed E-state index contributed by atoms with van der Waals surface area (Å²) in [4.78, 5) is 4.45. The van der Waals surface area contributed by atoms with Crippen LogP contribution in [0.15, 0.2) is 64.8 Å². The smallest absolute Gasteiger partial charge is 0.260 e. The fraction of sp³-hybridized carbons (Fsp3) is 0.0526. The molecule has 1 heterocycles. The Balaban J connectivity index is 1.95. The zero-order chi connectivity index (χ0) is 17.6. The molecule has 0 saturated heterocycles. The van der Waals surface area contributed by atoms with E-state index in [1.54, 1.807) is 18.2 Å². The summed E-state index contributed by atoms with van der Waals surface area (Å²) < 4.78 is 5.39. The average molecular weight is 327 g/mol. The highest BCUT2D eigenvalue weighted by Gasteiger charge is 2.13. The summed E-state index contributed by atoms with van der Waals surface area (Å²) in [6.07, 6.45) is 1.34. The monoisotopic (exact) mass is 327 g/mol. The number of nitrogens with zero attached hydrogens (tertiary/aromatic N) is 4. The highest BCUT2D eigenvalue weighted by molar-refractivity contribution is 5.74. The maximum Gasteiger partial charge on any atom is 0.260 e. The molecular formula is C19H13N5O. The standard InChI is InChI=1S/C19H13N5O/c1-13-5-4-6-15(9-13)18-23-19(25-24-18)16-7-2-3-8-17(16)22-12-14(10-20)11-21/h2-9,12,22H,1H3. The lowest BCUT2D eigenvalue weighted by atomic mass is 10.1. The Hall–Kier alpha value is -3.90. The molecule has 0 radical (unpaired) electrons. The lowest BCUT2D eigenvalue weighted by molar-refractivity contribution is 0.432. The first-order valence-corrected chi connectivity index (χ1v) is 7.48. The van der Waals surface area contributed by atoms with Crippen LogP contribution < -0.4 is 5.32 Å². The van der Waals surface area contributed by atoms with Crippen molar-refractivity contribution >= 4 is 5.69 Å². The number of aryl methyl sites for hydroxylation is 1. The molecule has 0 aliphatic rings. The van der Waals surface area contributed by atoms with E-state index >= 15 is 0 Å². The van der Waals surface area contributed by atoms with Gasteiger partial charge in [-0.15, -0.1) is 0 Å². The van der Waals surface area contributed by atoms with Crippen molar-refractivity contribution < 1.29 is 4.52 Å². The van der Waals surface area contributed by atoms with Gasteiger partial charge in [0, 0.05) is 11.8 Å². The number of aromatic nitrogens is 2. The van der Waals surface area contributed by atoms with Crippen LogP contribution in [0.25, 0.3) is 22.8 Å². The van der Waals surface area contributed by atoms with Crippen molar-refractivity contribution in [3.8, 4) is 35.0 Å². The Morgan fingerprint density at radius 3 is 2.68 bits per heavy atom. The molecule has 0 spiro atoms. The van der Waals surface area contributed by atoms with Crippen molar-refractivity contribution in [2.75, 3.05) is 5.32 Å². The van der Waals surface area contributed by atoms with Gasteiger partial charge in [-0.05, 0) is 25.1 Å². The second-order valence-electron chi connectivity index (χ2n) is 5.26. The molecule has 1 N–H and O–H groups in total. The van der Waals surface area contributed by atoms with Gasteiger partial charge in [0.05, 0.1) is 11.3 Å². The number of rotatable bonds is 4. The molecule has 0 unspecified atom stereocenters. The van der Waals surface area contributed by atoms with E-state index in [1.807, 2.05) is 49.4 Å². The fourth-order valence-corrected chi connectivity index (χ4v) is 2.27. The normalized spacial score (nSPS) is 9.72. The summed E-state index contributed by atoms with van der Waals surface area (Å²) >= 11 is 0. The summed E-state index contributed by atoms with van der Waals surface area (Å²) in [7, 11) is 0. The molecule has 120 valence electrons. The van der Waals surface area contributed by atoms with Crippen LogP contribution >= 0.6 is 0 Å². The second kappa shape index (κ2) is 7.12. The number of nitrogens with one attached hydrogen (secondary N) is 1. The number of benzene rings is 2. The minimum Gasteiger partial charge on any atom is -0.359 e. The molecule has 0 aliphatic heterocycles. The van der Waals surface area contributed by atoms with Gasteiger partial charge in [-0.25, -0.2) is 0 Å². The molecule has 3 aromatic rings. The van der Waals surface area contributed by atoms with Crippen LogP contribution in [0, 0.1) is 29.6 Å². The van der Waals surface area contributed by atoms with E-state index in [0.29, 0.717) is 23.0 Å². The Morgan fingerprint density at radius 2 is 1.92 bits per heavy atom. The Labute approximate surface area is 144 Å². The first-order valence-electron chi connectivity index (χ1n) is 7.48. The summed E-state index contributed by atoms with van der Waals surface area (Å²) in [6.45, 7) is 2.00. The van der Waals surface area contributed by atoms with Crippen molar-refractivity contribution in [1.29, 1.82) is 10.5 Å². The van der Waals surface area contributed by atoms with Gasteiger partial charge in [-0.2, -0.15) is 15.5 Å². The molecular weight excluding hydrogens is 314 g/mol. The minimum absolute atomic E-state index is 0.0271. The van der Waals surface area contributed by atoms with E-state index in [9.17, 15) is 0 Å². The molecule has 0 atom stereocenters. The van der Waals surface area contributed by atoms with E-state index in [1.165, 1.54) is 6.20 Å². The van der Waals surface area contributed by atoms with Gasteiger partial charge in [0.1, 0.15) is 17.7 Å². The quantitative estimate of drug-likeness (QED) is 0.726. The Bertz CT molecular complexity index is 1000. The highest BCUT2D eigenvalue weighted by atomic mass is 16.5. The third kappa shape index (κ3) is 3.54. The molecule has 0 saturated carbocycles. The Morgan fingerprint density at radius 1 is 1.12 bits per heavy atom.